The number of aromatic amines is 1. The van der Waals surface area contributed by atoms with Crippen molar-refractivity contribution in [1.82, 2.24) is 40.2 Å². The van der Waals surface area contributed by atoms with E-state index in [1.54, 1.807) is 0 Å². The number of carbonyl (C=O) groups excluding carboxylic acids is 4. The van der Waals surface area contributed by atoms with Crippen LogP contribution in [0.25, 0.3) is 27.6 Å². The van der Waals surface area contributed by atoms with Crippen molar-refractivity contribution in [3.8, 4) is 11.1 Å². The second kappa shape index (κ2) is 31.6. The molecule has 4 amide bonds. The van der Waals surface area contributed by atoms with Gasteiger partial charge in [-0.05, 0) is 153 Å². The number of ether oxygens (including phenoxy) is 3. The van der Waals surface area contributed by atoms with E-state index in [1.165, 1.54) is 34.5 Å². The Kier molecular flexibility index (Phi) is 23.6. The van der Waals surface area contributed by atoms with Crippen molar-refractivity contribution in [1.29, 1.82) is 0 Å². The lowest BCUT2D eigenvalue weighted by Gasteiger charge is -2.35. The predicted molar refractivity (Wildman–Crippen MR) is 347 cm³/mol. The van der Waals surface area contributed by atoms with Crippen molar-refractivity contribution in [3.05, 3.63) is 146 Å². The number of aliphatic hydroxyl groups excluding tert-OH is 1. The Morgan fingerprint density at radius 2 is 1.38 bits per heavy atom. The number of nitrogens with zero attached hydrogens (tertiary/aromatic N) is 4. The number of pyridine rings is 1. The third kappa shape index (κ3) is 18.0. The molecule has 5 aromatic rings. The number of hydrogen-bond acceptors (Lipinski definition) is 11. The summed E-state index contributed by atoms with van der Waals surface area (Å²) < 4.78 is 20.0. The molecule has 5 N–H and O–H groups in total. The molecule has 3 fully saturated rings. The number of allylic oxidation sites excluding steroid dienone is 4. The van der Waals surface area contributed by atoms with Crippen molar-refractivity contribution in [3.63, 3.8) is 0 Å². The Hall–Kier alpha value is -6.73. The number of fused-ring (bicyclic) bond motifs is 1. The van der Waals surface area contributed by atoms with Gasteiger partial charge in [-0.25, -0.2) is 0 Å². The van der Waals surface area contributed by atoms with Gasteiger partial charge in [0.05, 0.1) is 12.7 Å². The molecule has 9 rings (SSSR count). The monoisotopic (exact) mass is 1200 g/mol. The SMILES string of the molecule is CC1=C(c2ccc(CNC(=O)[C@@H]3C[C@@H](O)CN3C(=O)[C@@H](NC(=O)COCCCCCOCCCCCOCCN3CCN(Cc4ccc(-c5cc(C(=O)NCc6c(C)cc(C)[nH]c6=O)c6ccn(C7CCCC7)c6c5)cc4)CC3)C(C)(C)C)cc2)CC=C1. The topological polar surface area (TPSA) is 200 Å². The number of aryl methyl sites for hydroxylation is 2. The van der Waals surface area contributed by atoms with E-state index in [4.69, 9.17) is 14.2 Å². The molecule has 2 aliphatic carbocycles. The summed E-state index contributed by atoms with van der Waals surface area (Å²) in [5, 5.41) is 20.4. The van der Waals surface area contributed by atoms with Crippen LogP contribution in [0.5, 0.6) is 0 Å². The van der Waals surface area contributed by atoms with Gasteiger partial charge in [-0.2, -0.15) is 0 Å². The second-order valence-electron chi connectivity index (χ2n) is 25.9. The quantitative estimate of drug-likeness (QED) is 0.0274. The minimum absolute atomic E-state index is 0.0160. The molecule has 0 spiro atoms. The highest BCUT2D eigenvalue weighted by atomic mass is 16.5. The Labute approximate surface area is 520 Å². The fourth-order valence-corrected chi connectivity index (χ4v) is 12.9. The Balaban J connectivity index is 0.593. The van der Waals surface area contributed by atoms with Gasteiger partial charge in [-0.3, -0.25) is 33.8 Å². The molecule has 1 saturated carbocycles. The molecule has 2 aromatic heterocycles. The van der Waals surface area contributed by atoms with Gasteiger partial charge in [-0.15, -0.1) is 0 Å². The molecular weight excluding hydrogens is 1110 g/mol. The maximum atomic E-state index is 14.0. The molecule has 0 unspecified atom stereocenters. The molecule has 0 bridgehead atoms. The van der Waals surface area contributed by atoms with Crippen molar-refractivity contribution in [2.45, 2.75) is 162 Å². The summed E-state index contributed by atoms with van der Waals surface area (Å²) in [7, 11) is 0. The summed E-state index contributed by atoms with van der Waals surface area (Å²) in [4.78, 5) is 76.6. The summed E-state index contributed by atoms with van der Waals surface area (Å²) in [6, 6.07) is 23.8. The number of hydrogen-bond donors (Lipinski definition) is 5. The number of amides is 4. The fraction of sp³-hybridized carbons (Fsp3) is 0.535. The first-order chi connectivity index (χ1) is 42.5. The lowest BCUT2D eigenvalue weighted by molar-refractivity contribution is -0.144. The lowest BCUT2D eigenvalue weighted by Crippen LogP contribution is -2.58. The molecule has 4 aliphatic rings. The van der Waals surface area contributed by atoms with E-state index in [0.717, 1.165) is 161 Å². The average Bonchev–Trinajstić information content (AvgIpc) is 2.10. The van der Waals surface area contributed by atoms with Crippen LogP contribution in [0.15, 0.2) is 102 Å². The number of benzene rings is 3. The van der Waals surface area contributed by atoms with Crippen LogP contribution in [-0.2, 0) is 48.2 Å². The van der Waals surface area contributed by atoms with E-state index in [-0.39, 0.29) is 43.5 Å². The van der Waals surface area contributed by atoms with Crippen LogP contribution in [0.3, 0.4) is 0 Å². The Bertz CT molecular complexity index is 3270. The van der Waals surface area contributed by atoms with Crippen molar-refractivity contribution >= 4 is 40.1 Å². The van der Waals surface area contributed by atoms with Gasteiger partial charge < -0.3 is 49.7 Å². The fourth-order valence-electron chi connectivity index (χ4n) is 12.9. The number of carbonyl (C=O) groups is 4. The molecule has 474 valence electrons. The van der Waals surface area contributed by atoms with Gasteiger partial charge in [0.2, 0.25) is 17.7 Å². The normalized spacial score (nSPS) is 18.0. The highest BCUT2D eigenvalue weighted by Gasteiger charge is 2.44. The van der Waals surface area contributed by atoms with Crippen molar-refractivity contribution in [2.75, 3.05) is 78.9 Å². The van der Waals surface area contributed by atoms with Gasteiger partial charge in [0.15, 0.2) is 0 Å². The van der Waals surface area contributed by atoms with E-state index in [0.29, 0.717) is 36.9 Å². The van der Waals surface area contributed by atoms with Crippen LogP contribution < -0.4 is 21.5 Å². The van der Waals surface area contributed by atoms with E-state index >= 15 is 0 Å². The number of likely N-dealkylation sites (tertiary alicyclic amines) is 1. The van der Waals surface area contributed by atoms with Crippen LogP contribution in [0.1, 0.15) is 155 Å². The summed E-state index contributed by atoms with van der Waals surface area (Å²) in [6.07, 6.45) is 17.0. The van der Waals surface area contributed by atoms with Crippen LogP contribution in [-0.4, -0.2) is 150 Å². The molecule has 2 saturated heterocycles. The predicted octanol–water partition coefficient (Wildman–Crippen LogP) is 9.71. The number of H-pyrrole nitrogens is 1. The first-order valence-electron chi connectivity index (χ1n) is 32.4. The third-order valence-electron chi connectivity index (χ3n) is 18.0. The van der Waals surface area contributed by atoms with Gasteiger partial charge in [0, 0.05) is 132 Å². The largest absolute Gasteiger partial charge is 0.391 e. The van der Waals surface area contributed by atoms with Crippen LogP contribution >= 0.6 is 0 Å². The Morgan fingerprint density at radius 3 is 2.03 bits per heavy atom. The Morgan fingerprint density at radius 1 is 0.727 bits per heavy atom. The number of piperazine rings is 1. The maximum absolute atomic E-state index is 14.0. The van der Waals surface area contributed by atoms with E-state index in [1.807, 2.05) is 58.9 Å². The highest BCUT2D eigenvalue weighted by molar-refractivity contribution is 6.08. The van der Waals surface area contributed by atoms with E-state index in [9.17, 15) is 29.1 Å². The molecule has 17 nitrogen and oxygen atoms in total. The molecule has 3 aromatic carbocycles. The second-order valence-corrected chi connectivity index (χ2v) is 25.9. The molecule has 3 atom stereocenters. The van der Waals surface area contributed by atoms with E-state index in [2.05, 4.69) is 109 Å². The molecule has 4 heterocycles. The minimum Gasteiger partial charge on any atom is -0.391 e. The smallest absolute Gasteiger partial charge is 0.253 e. The molecule has 0 radical (unpaired) electrons. The highest BCUT2D eigenvalue weighted by Crippen LogP contribution is 2.37. The zero-order valence-corrected chi connectivity index (χ0v) is 53.1. The van der Waals surface area contributed by atoms with Gasteiger partial charge in [0.1, 0.15) is 18.7 Å². The van der Waals surface area contributed by atoms with E-state index < -0.39 is 35.4 Å². The molecule has 17 heteroatoms. The number of β-amino-alcohol motifs (C(OH)–C–C–N with tert-alkyl or cyclic N) is 1. The first kappa shape index (κ1) is 65.7. The van der Waals surface area contributed by atoms with Gasteiger partial charge >= 0.3 is 0 Å². The van der Waals surface area contributed by atoms with Crippen molar-refractivity contribution < 1.29 is 38.5 Å². The number of unbranched alkanes of at least 4 members (excludes halogenated alkanes) is 4. The number of aromatic nitrogens is 2. The van der Waals surface area contributed by atoms with Crippen molar-refractivity contribution in [2.24, 2.45) is 5.41 Å². The maximum Gasteiger partial charge on any atom is 0.253 e. The summed E-state index contributed by atoms with van der Waals surface area (Å²) in [5.74, 6) is -1.32. The average molecular weight is 1210 g/mol. The van der Waals surface area contributed by atoms with Gasteiger partial charge in [-0.1, -0.05) is 94.3 Å². The first-order valence-corrected chi connectivity index (χ1v) is 32.4. The zero-order valence-electron chi connectivity index (χ0n) is 53.1. The minimum atomic E-state index is -0.916. The zero-order chi connectivity index (χ0) is 62.2. The summed E-state index contributed by atoms with van der Waals surface area (Å²) in [5.41, 5.74) is 11.1. The molecule has 2 aliphatic heterocycles. The summed E-state index contributed by atoms with van der Waals surface area (Å²) in [6.45, 7) is 20.9. The number of aliphatic hydroxyl groups is 1. The molecular formula is C71H96N8O9. The number of rotatable bonds is 30. The molecule has 88 heavy (non-hydrogen) atoms. The third-order valence-corrected chi connectivity index (χ3v) is 18.0. The summed E-state index contributed by atoms with van der Waals surface area (Å²) >= 11 is 0. The van der Waals surface area contributed by atoms with Gasteiger partial charge in [0.25, 0.3) is 11.5 Å². The van der Waals surface area contributed by atoms with Crippen LogP contribution in [0, 0.1) is 19.3 Å². The number of nitrogens with one attached hydrogen (secondary N) is 4. The van der Waals surface area contributed by atoms with Crippen LogP contribution in [0.4, 0.5) is 0 Å². The van der Waals surface area contributed by atoms with Crippen LogP contribution in [0.2, 0.25) is 0 Å². The lowest BCUT2D eigenvalue weighted by atomic mass is 9.85. The standard InChI is InChI=1S/C71H96N8O9/c1-49-16-15-19-59(49)55-26-20-52(21-27-55)44-72-69(84)64-43-58(80)47-79(64)70(85)66(71(4,5)6)75-65(81)48-88-38-14-8-12-36-86-35-11-7-13-37-87-39-34-76-30-32-77(33-31-76)46-53-22-24-54(25-23-53)56-41-61(60-28-29-78(63(60)42-56)57-17-9-10-18-57)67(82)73-45-62-50(2)40-51(3)74-68(62)83/h15-16,20-29,40-42,57-58,64,66,80H,7-14,17-19,30-39,43-48H2,1-6H3,(H,72,84)(H,73,82)(H,74,83)(H,75,81)/t58-,64+,66-/m1/s1.